The van der Waals surface area contributed by atoms with E-state index >= 15 is 0 Å². The van der Waals surface area contributed by atoms with Gasteiger partial charge in [-0.15, -0.1) is 0 Å². The molecule has 1 aliphatic rings. The number of anilines is 1. The molecule has 1 amide bonds. The molecule has 0 spiro atoms. The van der Waals surface area contributed by atoms with Crippen LogP contribution < -0.4 is 5.32 Å². The van der Waals surface area contributed by atoms with E-state index in [-0.39, 0.29) is 18.4 Å². The van der Waals surface area contributed by atoms with Gasteiger partial charge in [-0.25, -0.2) is 0 Å². The number of rotatable bonds is 5. The highest BCUT2D eigenvalue weighted by atomic mass is 16.2. The summed E-state index contributed by atoms with van der Waals surface area (Å²) < 4.78 is 0. The molecule has 0 bridgehead atoms. The summed E-state index contributed by atoms with van der Waals surface area (Å²) in [4.78, 5) is 12.3. The Kier molecular flexibility index (Phi) is 4.02. The monoisotopic (exact) mass is 281 g/mol. The molecule has 0 fully saturated rings. The highest BCUT2D eigenvalue weighted by Gasteiger charge is 2.31. The zero-order valence-corrected chi connectivity index (χ0v) is 11.9. The third-order valence-corrected chi connectivity index (χ3v) is 3.99. The summed E-state index contributed by atoms with van der Waals surface area (Å²) in [5.74, 6) is 0.0373. The minimum absolute atomic E-state index is 0.0257. The number of aryl methyl sites for hydroxylation is 1. The van der Waals surface area contributed by atoms with Crippen LogP contribution in [0.5, 0.6) is 0 Å². The Morgan fingerprint density at radius 2 is 2.05 bits per heavy atom. The number of amides is 1. The molecule has 0 heterocycles. The van der Waals surface area contributed by atoms with E-state index in [1.165, 1.54) is 5.56 Å². The normalized spacial score (nSPS) is 16.0. The number of fused-ring (bicyclic) bond motifs is 1. The third-order valence-electron chi connectivity index (χ3n) is 3.99. The lowest BCUT2D eigenvalue weighted by molar-refractivity contribution is -0.118. The van der Waals surface area contributed by atoms with Crippen molar-refractivity contribution in [1.82, 2.24) is 0 Å². The summed E-state index contributed by atoms with van der Waals surface area (Å²) in [6.07, 6.45) is 2.39. The second-order valence-corrected chi connectivity index (χ2v) is 5.47. The first kappa shape index (κ1) is 13.8. The fourth-order valence-corrected chi connectivity index (χ4v) is 2.81. The van der Waals surface area contributed by atoms with Crippen molar-refractivity contribution in [3.63, 3.8) is 0 Å². The van der Waals surface area contributed by atoms with Crippen molar-refractivity contribution in [2.45, 2.75) is 25.2 Å². The van der Waals surface area contributed by atoms with Crippen molar-refractivity contribution in [2.24, 2.45) is 0 Å². The van der Waals surface area contributed by atoms with Crippen LogP contribution in [0.15, 0.2) is 48.5 Å². The fraction of sp³-hybridized carbons (Fsp3) is 0.278. The predicted molar refractivity (Wildman–Crippen MR) is 83.4 cm³/mol. The predicted octanol–water partition coefficient (Wildman–Crippen LogP) is 2.89. The van der Waals surface area contributed by atoms with Crippen molar-refractivity contribution in [3.05, 3.63) is 65.2 Å². The molecule has 0 aromatic heterocycles. The van der Waals surface area contributed by atoms with Crippen LogP contribution in [0, 0.1) is 0 Å². The van der Waals surface area contributed by atoms with E-state index in [0.717, 1.165) is 36.1 Å². The van der Waals surface area contributed by atoms with Gasteiger partial charge in [0, 0.05) is 12.3 Å². The van der Waals surface area contributed by atoms with E-state index in [0.29, 0.717) is 0 Å². The van der Waals surface area contributed by atoms with Crippen LogP contribution in [0.25, 0.3) is 0 Å². The second-order valence-electron chi connectivity index (χ2n) is 5.47. The molecule has 3 rings (SSSR count). The molecule has 0 radical (unpaired) electrons. The average molecular weight is 281 g/mol. The summed E-state index contributed by atoms with van der Waals surface area (Å²) in [5, 5.41) is 11.9. The largest absolute Gasteiger partial charge is 0.396 e. The molecule has 1 atom stereocenters. The van der Waals surface area contributed by atoms with E-state index in [1.807, 2.05) is 42.5 Å². The standard InChI is InChI=1S/C18H19NO2/c20-10-4-6-13-5-3-8-15(11-13)19-18(21)17-12-14-7-1-2-9-16(14)17/h1-3,5,7-9,11,17,20H,4,6,10,12H2,(H,19,21). The quantitative estimate of drug-likeness (QED) is 0.885. The minimum atomic E-state index is -0.0257. The lowest BCUT2D eigenvalue weighted by Crippen LogP contribution is -2.30. The SMILES string of the molecule is O=C(Nc1cccc(CCCO)c1)C1Cc2ccccc21. The maximum atomic E-state index is 12.3. The maximum Gasteiger partial charge on any atom is 0.232 e. The number of benzene rings is 2. The van der Waals surface area contributed by atoms with Crippen molar-refractivity contribution >= 4 is 11.6 Å². The summed E-state index contributed by atoms with van der Waals surface area (Å²) in [7, 11) is 0. The first-order valence-electron chi connectivity index (χ1n) is 7.36. The number of carbonyl (C=O) groups is 1. The van der Waals surface area contributed by atoms with Gasteiger partial charge >= 0.3 is 0 Å². The molecule has 1 aliphatic carbocycles. The Bertz CT molecular complexity index is 651. The zero-order valence-electron chi connectivity index (χ0n) is 11.9. The van der Waals surface area contributed by atoms with Gasteiger partial charge in [0.1, 0.15) is 0 Å². The topological polar surface area (TPSA) is 49.3 Å². The molecule has 2 aromatic rings. The van der Waals surface area contributed by atoms with Crippen molar-refractivity contribution in [2.75, 3.05) is 11.9 Å². The van der Waals surface area contributed by atoms with E-state index in [1.54, 1.807) is 0 Å². The maximum absolute atomic E-state index is 12.3. The van der Waals surface area contributed by atoms with Crippen LogP contribution in [0.1, 0.15) is 29.0 Å². The van der Waals surface area contributed by atoms with Gasteiger partial charge in [0.05, 0.1) is 5.92 Å². The molecule has 0 saturated carbocycles. The Labute approximate surface area is 124 Å². The van der Waals surface area contributed by atoms with E-state index in [4.69, 9.17) is 5.11 Å². The molecule has 3 heteroatoms. The summed E-state index contributed by atoms with van der Waals surface area (Å²) in [5.41, 5.74) is 4.39. The first-order valence-corrected chi connectivity index (χ1v) is 7.36. The molecule has 108 valence electrons. The third kappa shape index (κ3) is 2.98. The highest BCUT2D eigenvalue weighted by molar-refractivity contribution is 5.97. The van der Waals surface area contributed by atoms with Crippen LogP contribution in [0.4, 0.5) is 5.69 Å². The minimum Gasteiger partial charge on any atom is -0.396 e. The van der Waals surface area contributed by atoms with Gasteiger partial charge in [-0.2, -0.15) is 0 Å². The van der Waals surface area contributed by atoms with Crippen LogP contribution in [0.3, 0.4) is 0 Å². The first-order chi connectivity index (χ1) is 10.3. The average Bonchev–Trinajstić information content (AvgIpc) is 2.47. The van der Waals surface area contributed by atoms with Gasteiger partial charge in [-0.05, 0) is 48.1 Å². The van der Waals surface area contributed by atoms with Crippen LogP contribution >= 0.6 is 0 Å². The van der Waals surface area contributed by atoms with Crippen molar-refractivity contribution in [3.8, 4) is 0 Å². The Morgan fingerprint density at radius 3 is 2.86 bits per heavy atom. The van der Waals surface area contributed by atoms with Gasteiger partial charge in [0.15, 0.2) is 0 Å². The molecule has 21 heavy (non-hydrogen) atoms. The number of nitrogens with one attached hydrogen (secondary N) is 1. The van der Waals surface area contributed by atoms with Gasteiger partial charge in [-0.3, -0.25) is 4.79 Å². The molecule has 1 unspecified atom stereocenters. The molecule has 0 aliphatic heterocycles. The lowest BCUT2D eigenvalue weighted by atomic mass is 9.77. The van der Waals surface area contributed by atoms with E-state index in [2.05, 4.69) is 11.4 Å². The number of hydrogen-bond donors (Lipinski definition) is 2. The van der Waals surface area contributed by atoms with E-state index < -0.39 is 0 Å². The molecular formula is C18H19NO2. The van der Waals surface area contributed by atoms with Gasteiger partial charge < -0.3 is 10.4 Å². The van der Waals surface area contributed by atoms with Crippen LogP contribution in [-0.4, -0.2) is 17.6 Å². The van der Waals surface area contributed by atoms with Crippen LogP contribution in [-0.2, 0) is 17.6 Å². The Hall–Kier alpha value is -2.13. The Balaban J connectivity index is 1.66. The second kappa shape index (κ2) is 6.10. The number of aliphatic hydroxyl groups is 1. The van der Waals surface area contributed by atoms with Gasteiger partial charge in [0.25, 0.3) is 0 Å². The molecule has 3 nitrogen and oxygen atoms in total. The molecule has 2 N–H and O–H groups in total. The number of carbonyl (C=O) groups excluding carboxylic acids is 1. The fourth-order valence-electron chi connectivity index (χ4n) is 2.81. The zero-order chi connectivity index (χ0) is 14.7. The number of hydrogen-bond acceptors (Lipinski definition) is 2. The van der Waals surface area contributed by atoms with Crippen molar-refractivity contribution in [1.29, 1.82) is 0 Å². The smallest absolute Gasteiger partial charge is 0.232 e. The molecule has 0 saturated heterocycles. The van der Waals surface area contributed by atoms with E-state index in [9.17, 15) is 4.79 Å². The summed E-state index contributed by atoms with van der Waals surface area (Å²) in [6, 6.07) is 15.9. The van der Waals surface area contributed by atoms with Gasteiger partial charge in [-0.1, -0.05) is 36.4 Å². The van der Waals surface area contributed by atoms with Crippen LogP contribution in [0.2, 0.25) is 0 Å². The molecule has 2 aromatic carbocycles. The lowest BCUT2D eigenvalue weighted by Gasteiger charge is -2.28. The summed E-state index contributed by atoms with van der Waals surface area (Å²) in [6.45, 7) is 0.190. The summed E-state index contributed by atoms with van der Waals surface area (Å²) >= 11 is 0. The van der Waals surface area contributed by atoms with Crippen molar-refractivity contribution < 1.29 is 9.90 Å². The van der Waals surface area contributed by atoms with Gasteiger partial charge in [0.2, 0.25) is 5.91 Å². The number of aliphatic hydroxyl groups excluding tert-OH is 1. The highest BCUT2D eigenvalue weighted by Crippen LogP contribution is 2.35. The Morgan fingerprint density at radius 1 is 1.19 bits per heavy atom. The molecular weight excluding hydrogens is 262 g/mol.